The molecule has 0 spiro atoms. The molecule has 1 aromatic heterocycles. The fraction of sp³-hybridized carbons (Fsp3) is 0.533. The largest absolute Gasteiger partial charge is 0.618 e. The molecule has 1 aromatic rings. The van der Waals surface area contributed by atoms with Crippen molar-refractivity contribution in [2.75, 3.05) is 6.61 Å². The van der Waals surface area contributed by atoms with Gasteiger partial charge in [0.2, 0.25) is 0 Å². The highest BCUT2D eigenvalue weighted by atomic mass is 16.5. The Bertz CT molecular complexity index is 533. The van der Waals surface area contributed by atoms with Gasteiger partial charge in [0.25, 0.3) is 5.69 Å². The predicted molar refractivity (Wildman–Crippen MR) is 77.4 cm³/mol. The highest BCUT2D eigenvalue weighted by Gasteiger charge is 2.29. The molecule has 0 aliphatic heterocycles. The fourth-order valence-corrected chi connectivity index (χ4v) is 1.47. The summed E-state index contributed by atoms with van der Waals surface area (Å²) in [5, 5.41) is 14.2. The molecule has 116 valence electrons. The van der Waals surface area contributed by atoms with Crippen LogP contribution in [0, 0.1) is 10.6 Å². The first-order valence-electron chi connectivity index (χ1n) is 6.71. The van der Waals surface area contributed by atoms with Gasteiger partial charge in [0, 0.05) is 12.1 Å². The second kappa shape index (κ2) is 6.11. The van der Waals surface area contributed by atoms with Gasteiger partial charge >= 0.3 is 11.9 Å². The van der Waals surface area contributed by atoms with Gasteiger partial charge in [-0.25, -0.2) is 0 Å². The third-order valence-corrected chi connectivity index (χ3v) is 2.69. The van der Waals surface area contributed by atoms with Gasteiger partial charge in [0.1, 0.15) is 6.61 Å². The fourth-order valence-electron chi connectivity index (χ4n) is 1.47. The third-order valence-electron chi connectivity index (χ3n) is 2.69. The van der Waals surface area contributed by atoms with Crippen molar-refractivity contribution in [2.24, 2.45) is 5.41 Å². The minimum atomic E-state index is -0.777. The van der Waals surface area contributed by atoms with Crippen LogP contribution in [0.15, 0.2) is 24.4 Å². The van der Waals surface area contributed by atoms with E-state index < -0.39 is 16.9 Å². The lowest BCUT2D eigenvalue weighted by atomic mass is 9.97. The van der Waals surface area contributed by atoms with Crippen molar-refractivity contribution in [1.82, 2.24) is 5.32 Å². The Morgan fingerprint density at radius 3 is 2.38 bits per heavy atom. The van der Waals surface area contributed by atoms with Crippen LogP contribution in [0.1, 0.15) is 45.1 Å². The number of nitrogens with one attached hydrogen (secondary N) is 1. The molecule has 0 unspecified atom stereocenters. The Balaban J connectivity index is 2.66. The van der Waals surface area contributed by atoms with E-state index in [4.69, 9.17) is 4.74 Å². The minimum Gasteiger partial charge on any atom is -0.618 e. The molecule has 0 saturated heterocycles. The molecule has 0 aliphatic carbocycles. The molecule has 0 saturated carbocycles. The summed E-state index contributed by atoms with van der Waals surface area (Å²) in [6.45, 7) is 8.74. The number of hydrogen-bond donors (Lipinski definition) is 1. The Hall–Kier alpha value is -2.11. The number of ether oxygens (including phenoxy) is 1. The molecule has 0 radical (unpaired) electrons. The SMILES string of the molecule is CC(C)(COC(=O)C(C)(C)C)NC(=O)c1cccc[n+]1[O-]. The number of hydrogen-bond acceptors (Lipinski definition) is 4. The second-order valence-corrected chi connectivity index (χ2v) is 6.58. The molecule has 1 amide bonds. The van der Waals surface area contributed by atoms with Crippen molar-refractivity contribution in [3.63, 3.8) is 0 Å². The summed E-state index contributed by atoms with van der Waals surface area (Å²) < 4.78 is 5.69. The standard InChI is InChI=1S/C15H22N2O4/c1-14(2,3)13(19)21-10-15(4,5)16-12(18)11-8-6-7-9-17(11)20/h6-9H,10H2,1-5H3,(H,16,18). The first-order valence-corrected chi connectivity index (χ1v) is 6.71. The van der Waals surface area contributed by atoms with Gasteiger partial charge in [0.05, 0.1) is 11.0 Å². The number of rotatable bonds is 4. The van der Waals surface area contributed by atoms with E-state index in [1.807, 2.05) is 0 Å². The molecule has 0 bridgehead atoms. The summed E-state index contributed by atoms with van der Waals surface area (Å²) in [6.07, 6.45) is 1.25. The summed E-state index contributed by atoms with van der Waals surface area (Å²) in [5.41, 5.74) is -1.38. The van der Waals surface area contributed by atoms with Crippen LogP contribution in [0.25, 0.3) is 0 Å². The zero-order valence-corrected chi connectivity index (χ0v) is 13.1. The van der Waals surface area contributed by atoms with E-state index >= 15 is 0 Å². The quantitative estimate of drug-likeness (QED) is 0.517. The smallest absolute Gasteiger partial charge is 0.317 e. The Kier molecular flexibility index (Phi) is 4.93. The lowest BCUT2D eigenvalue weighted by Crippen LogP contribution is -2.51. The van der Waals surface area contributed by atoms with E-state index in [1.54, 1.807) is 46.8 Å². The molecular formula is C15H22N2O4. The van der Waals surface area contributed by atoms with Crippen LogP contribution >= 0.6 is 0 Å². The molecule has 0 aromatic carbocycles. The molecule has 0 fully saturated rings. The normalized spacial score (nSPS) is 11.9. The third kappa shape index (κ3) is 5.06. The van der Waals surface area contributed by atoms with Crippen molar-refractivity contribution in [3.05, 3.63) is 35.3 Å². The first kappa shape index (κ1) is 16.9. The van der Waals surface area contributed by atoms with E-state index in [1.165, 1.54) is 12.3 Å². The Morgan fingerprint density at radius 2 is 1.86 bits per heavy atom. The molecule has 1 heterocycles. The zero-order valence-electron chi connectivity index (χ0n) is 13.1. The molecule has 1 N–H and O–H groups in total. The average molecular weight is 294 g/mol. The van der Waals surface area contributed by atoms with E-state index in [2.05, 4.69) is 5.32 Å². The average Bonchev–Trinajstić information content (AvgIpc) is 2.34. The monoisotopic (exact) mass is 294 g/mol. The lowest BCUT2D eigenvalue weighted by molar-refractivity contribution is -0.607. The van der Waals surface area contributed by atoms with Crippen LogP contribution < -0.4 is 10.0 Å². The van der Waals surface area contributed by atoms with Crippen molar-refractivity contribution < 1.29 is 19.1 Å². The summed E-state index contributed by atoms with van der Waals surface area (Å²) in [7, 11) is 0. The van der Waals surface area contributed by atoms with Crippen LogP contribution in [-0.2, 0) is 9.53 Å². The second-order valence-electron chi connectivity index (χ2n) is 6.58. The van der Waals surface area contributed by atoms with Crippen LogP contribution in [0.2, 0.25) is 0 Å². The van der Waals surface area contributed by atoms with Gasteiger partial charge in [-0.05, 0) is 40.7 Å². The van der Waals surface area contributed by atoms with Gasteiger partial charge in [-0.15, -0.1) is 0 Å². The number of nitrogens with zero attached hydrogens (tertiary/aromatic N) is 1. The van der Waals surface area contributed by atoms with Crippen LogP contribution in [-0.4, -0.2) is 24.0 Å². The maximum absolute atomic E-state index is 12.1. The highest BCUT2D eigenvalue weighted by molar-refractivity contribution is 5.91. The van der Waals surface area contributed by atoms with Crippen LogP contribution in [0.5, 0.6) is 0 Å². The topological polar surface area (TPSA) is 82.3 Å². The summed E-state index contributed by atoms with van der Waals surface area (Å²) in [4.78, 5) is 23.8. The number of aromatic nitrogens is 1. The van der Waals surface area contributed by atoms with E-state index in [-0.39, 0.29) is 18.3 Å². The summed E-state index contributed by atoms with van der Waals surface area (Å²) >= 11 is 0. The molecule has 6 nitrogen and oxygen atoms in total. The van der Waals surface area contributed by atoms with E-state index in [9.17, 15) is 14.8 Å². The number of esters is 1. The van der Waals surface area contributed by atoms with Crippen molar-refractivity contribution in [3.8, 4) is 0 Å². The van der Waals surface area contributed by atoms with Crippen molar-refractivity contribution in [2.45, 2.75) is 40.2 Å². The molecular weight excluding hydrogens is 272 g/mol. The summed E-state index contributed by atoms with van der Waals surface area (Å²) in [6, 6.07) is 4.58. The van der Waals surface area contributed by atoms with E-state index in [0.717, 1.165) is 0 Å². The van der Waals surface area contributed by atoms with Crippen LogP contribution in [0.3, 0.4) is 0 Å². The number of carbonyl (C=O) groups is 2. The lowest BCUT2D eigenvalue weighted by Gasteiger charge is -2.27. The molecule has 21 heavy (non-hydrogen) atoms. The molecule has 6 heteroatoms. The van der Waals surface area contributed by atoms with Crippen molar-refractivity contribution >= 4 is 11.9 Å². The molecule has 0 aliphatic rings. The summed E-state index contributed by atoms with van der Waals surface area (Å²) in [5.74, 6) is -0.856. The first-order chi connectivity index (χ1) is 9.53. The van der Waals surface area contributed by atoms with Crippen molar-refractivity contribution in [1.29, 1.82) is 0 Å². The number of amides is 1. The Morgan fingerprint density at radius 1 is 1.24 bits per heavy atom. The highest BCUT2D eigenvalue weighted by Crippen LogP contribution is 2.16. The van der Waals surface area contributed by atoms with Gasteiger partial charge in [0.15, 0.2) is 6.20 Å². The maximum atomic E-state index is 12.1. The number of pyridine rings is 1. The predicted octanol–water partition coefficient (Wildman–Crippen LogP) is 1.42. The minimum absolute atomic E-state index is 0.00674. The van der Waals surface area contributed by atoms with Gasteiger partial charge in [-0.1, -0.05) is 0 Å². The van der Waals surface area contributed by atoms with Gasteiger partial charge < -0.3 is 15.3 Å². The molecule has 0 atom stereocenters. The van der Waals surface area contributed by atoms with Gasteiger partial charge in [-0.3, -0.25) is 9.59 Å². The number of carbonyl (C=O) groups excluding carboxylic acids is 2. The van der Waals surface area contributed by atoms with Crippen LogP contribution in [0.4, 0.5) is 0 Å². The van der Waals surface area contributed by atoms with E-state index in [0.29, 0.717) is 4.73 Å². The maximum Gasteiger partial charge on any atom is 0.317 e. The Labute approximate surface area is 124 Å². The molecule has 1 rings (SSSR count). The zero-order chi connectivity index (χ0) is 16.3. The van der Waals surface area contributed by atoms with Gasteiger partial charge in [-0.2, -0.15) is 4.73 Å².